The van der Waals surface area contributed by atoms with Crippen LogP contribution < -0.4 is 5.32 Å². The van der Waals surface area contributed by atoms with Crippen LogP contribution in [0.25, 0.3) is 0 Å². The third-order valence-corrected chi connectivity index (χ3v) is 2.57. The molecule has 0 saturated carbocycles. The van der Waals surface area contributed by atoms with Crippen molar-refractivity contribution in [2.45, 2.75) is 19.6 Å². The summed E-state index contributed by atoms with van der Waals surface area (Å²) >= 11 is 0. The van der Waals surface area contributed by atoms with E-state index in [1.165, 1.54) is 12.1 Å². The van der Waals surface area contributed by atoms with Crippen molar-refractivity contribution in [1.29, 1.82) is 0 Å². The van der Waals surface area contributed by atoms with Crippen molar-refractivity contribution in [2.24, 2.45) is 0 Å². The summed E-state index contributed by atoms with van der Waals surface area (Å²) in [6.07, 6.45) is 3.53. The third kappa shape index (κ3) is 3.63. The summed E-state index contributed by atoms with van der Waals surface area (Å²) in [6, 6.07) is 6.37. The van der Waals surface area contributed by atoms with E-state index in [1.807, 2.05) is 6.20 Å². The second-order valence-corrected chi connectivity index (χ2v) is 4.03. The first-order chi connectivity index (χ1) is 8.78. The number of alkyl halides is 1. The Hall–Kier alpha value is -1.75. The van der Waals surface area contributed by atoms with Crippen LogP contribution in [0.2, 0.25) is 0 Å². The molecule has 0 saturated heterocycles. The predicted octanol–water partition coefficient (Wildman–Crippen LogP) is 2.28. The van der Waals surface area contributed by atoms with Crippen LogP contribution in [0.3, 0.4) is 0 Å². The molecule has 96 valence electrons. The average molecular weight is 251 g/mol. The monoisotopic (exact) mass is 251 g/mol. The summed E-state index contributed by atoms with van der Waals surface area (Å²) in [5.41, 5.74) is 2.03. The van der Waals surface area contributed by atoms with Gasteiger partial charge in [-0.25, -0.2) is 8.78 Å². The maximum Gasteiger partial charge on any atom is 0.123 e. The van der Waals surface area contributed by atoms with E-state index in [4.69, 9.17) is 0 Å². The molecule has 0 atom stereocenters. The fourth-order valence-corrected chi connectivity index (χ4v) is 1.66. The van der Waals surface area contributed by atoms with Gasteiger partial charge in [0.05, 0.1) is 12.7 Å². The van der Waals surface area contributed by atoms with Gasteiger partial charge in [-0.3, -0.25) is 4.68 Å². The number of rotatable bonds is 6. The Balaban J connectivity index is 1.79. The highest BCUT2D eigenvalue weighted by molar-refractivity contribution is 5.16. The van der Waals surface area contributed by atoms with Gasteiger partial charge in [0, 0.05) is 24.8 Å². The lowest BCUT2D eigenvalue weighted by molar-refractivity contribution is 0.427. The summed E-state index contributed by atoms with van der Waals surface area (Å²) in [4.78, 5) is 0. The maximum atomic E-state index is 12.7. The van der Waals surface area contributed by atoms with Gasteiger partial charge in [-0.2, -0.15) is 5.10 Å². The Morgan fingerprint density at radius 3 is 2.56 bits per heavy atom. The molecule has 0 bridgehead atoms. The molecule has 0 aliphatic heterocycles. The molecule has 0 aliphatic rings. The van der Waals surface area contributed by atoms with E-state index in [1.54, 1.807) is 23.0 Å². The van der Waals surface area contributed by atoms with Gasteiger partial charge < -0.3 is 5.32 Å². The molecular formula is C13H15F2N3. The number of nitrogens with zero attached hydrogens (tertiary/aromatic N) is 2. The van der Waals surface area contributed by atoms with Gasteiger partial charge in [0.2, 0.25) is 0 Å². The van der Waals surface area contributed by atoms with E-state index in [0.717, 1.165) is 11.1 Å². The molecule has 2 rings (SSSR count). The molecule has 2 aromatic rings. The first-order valence-corrected chi connectivity index (χ1v) is 5.80. The Kier molecular flexibility index (Phi) is 4.41. The largest absolute Gasteiger partial charge is 0.309 e. The topological polar surface area (TPSA) is 29.9 Å². The molecule has 18 heavy (non-hydrogen) atoms. The standard InChI is InChI=1S/C13H15F2N3/c14-5-6-18-10-12(9-17-18)8-16-7-11-1-3-13(15)4-2-11/h1-4,9-10,16H,5-8H2. The minimum absolute atomic E-state index is 0.230. The van der Waals surface area contributed by atoms with Crippen molar-refractivity contribution in [3.8, 4) is 0 Å². The molecule has 5 heteroatoms. The Bertz CT molecular complexity index is 479. The highest BCUT2D eigenvalue weighted by atomic mass is 19.1. The predicted molar refractivity (Wildman–Crippen MR) is 65.1 cm³/mol. The number of halogens is 2. The normalized spacial score (nSPS) is 10.8. The lowest BCUT2D eigenvalue weighted by Crippen LogP contribution is -2.12. The molecule has 0 unspecified atom stereocenters. The van der Waals surface area contributed by atoms with Crippen LogP contribution in [-0.2, 0) is 19.6 Å². The van der Waals surface area contributed by atoms with Crippen molar-refractivity contribution in [3.63, 3.8) is 0 Å². The van der Waals surface area contributed by atoms with Gasteiger partial charge in [0.1, 0.15) is 12.5 Å². The Morgan fingerprint density at radius 2 is 1.83 bits per heavy atom. The van der Waals surface area contributed by atoms with Crippen molar-refractivity contribution < 1.29 is 8.78 Å². The second kappa shape index (κ2) is 6.26. The van der Waals surface area contributed by atoms with E-state index >= 15 is 0 Å². The molecular weight excluding hydrogens is 236 g/mol. The summed E-state index contributed by atoms with van der Waals surface area (Å²) in [5, 5.41) is 7.25. The van der Waals surface area contributed by atoms with Gasteiger partial charge in [-0.05, 0) is 17.7 Å². The zero-order chi connectivity index (χ0) is 12.8. The molecule has 1 N–H and O–H groups in total. The summed E-state index contributed by atoms with van der Waals surface area (Å²) in [5.74, 6) is -0.230. The highest BCUT2D eigenvalue weighted by Gasteiger charge is 1.99. The van der Waals surface area contributed by atoms with Gasteiger partial charge >= 0.3 is 0 Å². The number of aromatic nitrogens is 2. The van der Waals surface area contributed by atoms with Crippen molar-refractivity contribution in [1.82, 2.24) is 15.1 Å². The fourth-order valence-electron chi connectivity index (χ4n) is 1.66. The van der Waals surface area contributed by atoms with Crippen LogP contribution in [-0.4, -0.2) is 16.5 Å². The molecule has 1 aromatic heterocycles. The minimum atomic E-state index is -0.413. The summed E-state index contributed by atoms with van der Waals surface area (Å²) in [7, 11) is 0. The van der Waals surface area contributed by atoms with Crippen molar-refractivity contribution in [2.75, 3.05) is 6.67 Å². The Morgan fingerprint density at radius 1 is 1.11 bits per heavy atom. The molecule has 1 aromatic carbocycles. The Labute approximate surface area is 104 Å². The number of hydrogen-bond acceptors (Lipinski definition) is 2. The van der Waals surface area contributed by atoms with Crippen LogP contribution in [0.4, 0.5) is 8.78 Å². The van der Waals surface area contributed by atoms with Gasteiger partial charge in [0.25, 0.3) is 0 Å². The number of nitrogens with one attached hydrogen (secondary N) is 1. The molecule has 1 heterocycles. The van der Waals surface area contributed by atoms with E-state index in [2.05, 4.69) is 10.4 Å². The number of benzene rings is 1. The summed E-state index contributed by atoms with van der Waals surface area (Å²) < 4.78 is 26.4. The zero-order valence-corrected chi connectivity index (χ0v) is 9.94. The van der Waals surface area contributed by atoms with E-state index in [0.29, 0.717) is 13.1 Å². The zero-order valence-electron chi connectivity index (χ0n) is 9.94. The molecule has 3 nitrogen and oxygen atoms in total. The smallest absolute Gasteiger partial charge is 0.123 e. The first-order valence-electron chi connectivity index (χ1n) is 5.80. The molecule has 0 aliphatic carbocycles. The van der Waals surface area contributed by atoms with Gasteiger partial charge in [-0.1, -0.05) is 12.1 Å². The van der Waals surface area contributed by atoms with Crippen molar-refractivity contribution in [3.05, 3.63) is 53.6 Å². The highest BCUT2D eigenvalue weighted by Crippen LogP contribution is 2.03. The number of aryl methyl sites for hydroxylation is 1. The average Bonchev–Trinajstić information content (AvgIpc) is 2.80. The third-order valence-electron chi connectivity index (χ3n) is 2.57. The van der Waals surface area contributed by atoms with Crippen LogP contribution >= 0.6 is 0 Å². The van der Waals surface area contributed by atoms with E-state index in [9.17, 15) is 8.78 Å². The van der Waals surface area contributed by atoms with Crippen LogP contribution in [0.1, 0.15) is 11.1 Å². The van der Waals surface area contributed by atoms with Gasteiger partial charge in [0.15, 0.2) is 0 Å². The number of hydrogen-bond donors (Lipinski definition) is 1. The maximum absolute atomic E-state index is 12.7. The molecule has 0 amide bonds. The lowest BCUT2D eigenvalue weighted by Gasteiger charge is -2.03. The molecule has 0 radical (unpaired) electrons. The molecule has 0 spiro atoms. The minimum Gasteiger partial charge on any atom is -0.309 e. The quantitative estimate of drug-likeness (QED) is 0.853. The second-order valence-electron chi connectivity index (χ2n) is 4.03. The van der Waals surface area contributed by atoms with Crippen LogP contribution in [0.5, 0.6) is 0 Å². The summed E-state index contributed by atoms with van der Waals surface area (Å²) in [6.45, 7) is 1.19. The molecule has 0 fully saturated rings. The SMILES string of the molecule is FCCn1cc(CNCc2ccc(F)cc2)cn1. The van der Waals surface area contributed by atoms with Crippen LogP contribution in [0, 0.1) is 5.82 Å². The van der Waals surface area contributed by atoms with Crippen LogP contribution in [0.15, 0.2) is 36.7 Å². The van der Waals surface area contributed by atoms with E-state index < -0.39 is 6.67 Å². The van der Waals surface area contributed by atoms with E-state index in [-0.39, 0.29) is 12.4 Å². The first kappa shape index (κ1) is 12.7. The van der Waals surface area contributed by atoms with Crippen molar-refractivity contribution >= 4 is 0 Å². The lowest BCUT2D eigenvalue weighted by atomic mass is 10.2. The van der Waals surface area contributed by atoms with Gasteiger partial charge in [-0.15, -0.1) is 0 Å². The fraction of sp³-hybridized carbons (Fsp3) is 0.308.